The van der Waals surface area contributed by atoms with Crippen LogP contribution in [0, 0.1) is 0 Å². The van der Waals surface area contributed by atoms with Gasteiger partial charge in [-0.3, -0.25) is 0 Å². The second-order valence-corrected chi connectivity index (χ2v) is 4.66. The van der Waals surface area contributed by atoms with Gasteiger partial charge in [0.2, 0.25) is 0 Å². The van der Waals surface area contributed by atoms with Crippen molar-refractivity contribution in [1.29, 1.82) is 0 Å². The molecule has 0 atom stereocenters. The topological polar surface area (TPSA) is 29.9 Å². The first-order chi connectivity index (χ1) is 8.79. The van der Waals surface area contributed by atoms with Crippen molar-refractivity contribution in [2.24, 2.45) is 0 Å². The SMILES string of the molecule is CCNCCCc1cnn(-c2ccc(Cl)cc2)c1. The van der Waals surface area contributed by atoms with Gasteiger partial charge in [-0.2, -0.15) is 5.10 Å². The van der Waals surface area contributed by atoms with Gasteiger partial charge >= 0.3 is 0 Å². The van der Waals surface area contributed by atoms with Crippen molar-refractivity contribution in [3.63, 3.8) is 0 Å². The van der Waals surface area contributed by atoms with Gasteiger partial charge in [-0.15, -0.1) is 0 Å². The fraction of sp³-hybridized carbons (Fsp3) is 0.357. The quantitative estimate of drug-likeness (QED) is 0.812. The van der Waals surface area contributed by atoms with Crippen LogP contribution in [0.3, 0.4) is 0 Å². The van der Waals surface area contributed by atoms with E-state index in [1.807, 2.05) is 35.1 Å². The molecular formula is C14H18ClN3. The molecule has 1 N–H and O–H groups in total. The Kier molecular flexibility index (Phi) is 4.79. The minimum Gasteiger partial charge on any atom is -0.317 e. The van der Waals surface area contributed by atoms with E-state index in [4.69, 9.17) is 11.6 Å². The molecular weight excluding hydrogens is 246 g/mol. The molecule has 0 aliphatic heterocycles. The summed E-state index contributed by atoms with van der Waals surface area (Å²) in [5, 5.41) is 8.44. The highest BCUT2D eigenvalue weighted by Gasteiger charge is 2.01. The van der Waals surface area contributed by atoms with Crippen LogP contribution in [0.25, 0.3) is 5.69 Å². The zero-order valence-corrected chi connectivity index (χ0v) is 11.3. The van der Waals surface area contributed by atoms with Gasteiger partial charge in [0.1, 0.15) is 0 Å². The molecule has 1 aromatic carbocycles. The first-order valence-corrected chi connectivity index (χ1v) is 6.67. The number of rotatable bonds is 6. The number of benzene rings is 1. The van der Waals surface area contributed by atoms with Crippen molar-refractivity contribution < 1.29 is 0 Å². The molecule has 2 aromatic rings. The Hall–Kier alpha value is -1.32. The van der Waals surface area contributed by atoms with E-state index in [0.717, 1.165) is 36.6 Å². The van der Waals surface area contributed by atoms with Gasteiger partial charge in [0.05, 0.1) is 11.9 Å². The molecule has 0 spiro atoms. The zero-order chi connectivity index (χ0) is 12.8. The minimum absolute atomic E-state index is 0.747. The van der Waals surface area contributed by atoms with Crippen LogP contribution in [0.15, 0.2) is 36.7 Å². The summed E-state index contributed by atoms with van der Waals surface area (Å²) in [5.41, 5.74) is 2.31. The number of nitrogens with one attached hydrogen (secondary N) is 1. The molecule has 0 saturated heterocycles. The average molecular weight is 264 g/mol. The van der Waals surface area contributed by atoms with Gasteiger partial charge < -0.3 is 5.32 Å². The molecule has 1 heterocycles. The van der Waals surface area contributed by atoms with E-state index < -0.39 is 0 Å². The zero-order valence-electron chi connectivity index (χ0n) is 10.6. The van der Waals surface area contributed by atoms with Crippen molar-refractivity contribution >= 4 is 11.6 Å². The molecule has 18 heavy (non-hydrogen) atoms. The molecule has 0 bridgehead atoms. The second-order valence-electron chi connectivity index (χ2n) is 4.23. The van der Waals surface area contributed by atoms with Crippen LogP contribution in [0.4, 0.5) is 0 Å². The molecule has 96 valence electrons. The third kappa shape index (κ3) is 3.59. The van der Waals surface area contributed by atoms with Gasteiger partial charge in [-0.25, -0.2) is 4.68 Å². The number of aryl methyl sites for hydroxylation is 1. The van der Waals surface area contributed by atoms with Crippen LogP contribution in [0.2, 0.25) is 5.02 Å². The highest BCUT2D eigenvalue weighted by molar-refractivity contribution is 6.30. The molecule has 0 radical (unpaired) electrons. The predicted molar refractivity (Wildman–Crippen MR) is 75.4 cm³/mol. The Morgan fingerprint density at radius 2 is 2.06 bits per heavy atom. The summed E-state index contributed by atoms with van der Waals surface area (Å²) in [6.45, 7) is 4.21. The van der Waals surface area contributed by atoms with E-state index in [9.17, 15) is 0 Å². The van der Waals surface area contributed by atoms with E-state index in [0.29, 0.717) is 0 Å². The maximum absolute atomic E-state index is 5.87. The summed E-state index contributed by atoms with van der Waals surface area (Å²) >= 11 is 5.87. The second kappa shape index (κ2) is 6.57. The smallest absolute Gasteiger partial charge is 0.0646 e. The van der Waals surface area contributed by atoms with Crippen molar-refractivity contribution in [3.8, 4) is 5.69 Å². The lowest BCUT2D eigenvalue weighted by Crippen LogP contribution is -2.14. The summed E-state index contributed by atoms with van der Waals surface area (Å²) in [6.07, 6.45) is 6.20. The fourth-order valence-electron chi connectivity index (χ4n) is 1.82. The van der Waals surface area contributed by atoms with Gasteiger partial charge in [-0.1, -0.05) is 18.5 Å². The molecule has 0 amide bonds. The summed E-state index contributed by atoms with van der Waals surface area (Å²) in [7, 11) is 0. The van der Waals surface area contributed by atoms with E-state index >= 15 is 0 Å². The normalized spacial score (nSPS) is 10.8. The number of aromatic nitrogens is 2. The Morgan fingerprint density at radius 3 is 2.78 bits per heavy atom. The largest absolute Gasteiger partial charge is 0.317 e. The number of hydrogen-bond donors (Lipinski definition) is 1. The molecule has 0 fully saturated rings. The monoisotopic (exact) mass is 263 g/mol. The van der Waals surface area contributed by atoms with Gasteiger partial charge in [0.15, 0.2) is 0 Å². The Morgan fingerprint density at radius 1 is 1.28 bits per heavy atom. The van der Waals surface area contributed by atoms with E-state index in [2.05, 4.69) is 23.5 Å². The third-order valence-electron chi connectivity index (χ3n) is 2.80. The molecule has 0 aliphatic carbocycles. The van der Waals surface area contributed by atoms with E-state index in [1.165, 1.54) is 5.56 Å². The van der Waals surface area contributed by atoms with Gasteiger partial charge in [0, 0.05) is 11.2 Å². The first kappa shape index (κ1) is 13.1. The van der Waals surface area contributed by atoms with Crippen LogP contribution in [-0.2, 0) is 6.42 Å². The Labute approximate surface area is 113 Å². The lowest BCUT2D eigenvalue weighted by Gasteiger charge is -2.01. The molecule has 0 unspecified atom stereocenters. The fourth-order valence-corrected chi connectivity index (χ4v) is 1.94. The maximum Gasteiger partial charge on any atom is 0.0646 e. The van der Waals surface area contributed by atoms with Crippen molar-refractivity contribution in [2.75, 3.05) is 13.1 Å². The van der Waals surface area contributed by atoms with Crippen LogP contribution in [0.5, 0.6) is 0 Å². The summed E-state index contributed by atoms with van der Waals surface area (Å²) in [4.78, 5) is 0. The average Bonchev–Trinajstić information content (AvgIpc) is 2.84. The number of halogens is 1. The van der Waals surface area contributed by atoms with Gasteiger partial charge in [0.25, 0.3) is 0 Å². The highest BCUT2D eigenvalue weighted by atomic mass is 35.5. The lowest BCUT2D eigenvalue weighted by molar-refractivity contribution is 0.672. The number of nitrogens with zero attached hydrogens (tertiary/aromatic N) is 2. The predicted octanol–water partition coefficient (Wildman–Crippen LogP) is 3.07. The van der Waals surface area contributed by atoms with Crippen LogP contribution in [0.1, 0.15) is 18.9 Å². The van der Waals surface area contributed by atoms with Crippen LogP contribution < -0.4 is 5.32 Å². The van der Waals surface area contributed by atoms with E-state index in [-0.39, 0.29) is 0 Å². The first-order valence-electron chi connectivity index (χ1n) is 6.30. The van der Waals surface area contributed by atoms with Crippen molar-refractivity contribution in [2.45, 2.75) is 19.8 Å². The molecule has 1 aromatic heterocycles. The molecule has 3 nitrogen and oxygen atoms in total. The number of hydrogen-bond acceptors (Lipinski definition) is 2. The van der Waals surface area contributed by atoms with Crippen LogP contribution in [-0.4, -0.2) is 22.9 Å². The maximum atomic E-state index is 5.87. The Balaban J connectivity index is 1.95. The summed E-state index contributed by atoms with van der Waals surface area (Å²) in [6, 6.07) is 7.70. The third-order valence-corrected chi connectivity index (χ3v) is 3.05. The standard InChI is InChI=1S/C14H18ClN3/c1-2-16-9-3-4-12-10-17-18(11-12)14-7-5-13(15)6-8-14/h5-8,10-11,16H,2-4,9H2,1H3. The van der Waals surface area contributed by atoms with Crippen molar-refractivity contribution in [1.82, 2.24) is 15.1 Å². The Bertz CT molecular complexity index is 476. The van der Waals surface area contributed by atoms with Crippen molar-refractivity contribution in [3.05, 3.63) is 47.2 Å². The highest BCUT2D eigenvalue weighted by Crippen LogP contribution is 2.13. The minimum atomic E-state index is 0.747. The lowest BCUT2D eigenvalue weighted by atomic mass is 10.2. The van der Waals surface area contributed by atoms with Crippen LogP contribution >= 0.6 is 11.6 Å². The molecule has 0 saturated carbocycles. The molecule has 2 rings (SSSR count). The molecule has 4 heteroatoms. The van der Waals surface area contributed by atoms with Gasteiger partial charge in [-0.05, 0) is 55.8 Å². The summed E-state index contributed by atoms with van der Waals surface area (Å²) in [5.74, 6) is 0. The molecule has 0 aliphatic rings. The summed E-state index contributed by atoms with van der Waals surface area (Å²) < 4.78 is 1.89. The van der Waals surface area contributed by atoms with E-state index in [1.54, 1.807) is 0 Å².